The van der Waals surface area contributed by atoms with Gasteiger partial charge in [0.2, 0.25) is 0 Å². The fourth-order valence-corrected chi connectivity index (χ4v) is 2.20. The molecule has 0 heterocycles. The third-order valence-corrected chi connectivity index (χ3v) is 2.93. The first-order valence-electron chi connectivity index (χ1n) is 5.21. The van der Waals surface area contributed by atoms with Gasteiger partial charge < -0.3 is 10.5 Å². The Bertz CT molecular complexity index is 322. The summed E-state index contributed by atoms with van der Waals surface area (Å²) in [6.07, 6.45) is 4.39. The van der Waals surface area contributed by atoms with Crippen molar-refractivity contribution in [2.24, 2.45) is 5.73 Å². The Hall–Kier alpha value is -1.02. The first-order chi connectivity index (χ1) is 6.81. The van der Waals surface area contributed by atoms with E-state index in [-0.39, 0.29) is 0 Å². The van der Waals surface area contributed by atoms with Gasteiger partial charge in [-0.05, 0) is 42.9 Å². The summed E-state index contributed by atoms with van der Waals surface area (Å²) in [4.78, 5) is 0. The van der Waals surface area contributed by atoms with E-state index < -0.39 is 0 Å². The number of fused-ring (bicyclic) bond motifs is 1. The van der Waals surface area contributed by atoms with Crippen LogP contribution in [0.5, 0.6) is 5.75 Å². The van der Waals surface area contributed by atoms with Gasteiger partial charge in [-0.1, -0.05) is 12.1 Å². The highest BCUT2D eigenvalue weighted by Gasteiger charge is 2.16. The number of ether oxygens (including phenoxy) is 1. The van der Waals surface area contributed by atoms with Crippen molar-refractivity contribution < 1.29 is 4.74 Å². The molecule has 14 heavy (non-hydrogen) atoms. The lowest BCUT2D eigenvalue weighted by molar-refractivity contribution is 0.409. The molecular weight excluding hydrogens is 174 g/mol. The molecule has 1 aliphatic rings. The fraction of sp³-hybridized carbons (Fsp3) is 0.500. The van der Waals surface area contributed by atoms with Crippen LogP contribution in [0.25, 0.3) is 0 Å². The van der Waals surface area contributed by atoms with Gasteiger partial charge in [0.1, 0.15) is 5.75 Å². The average Bonchev–Trinajstić information content (AvgIpc) is 2.37. The quantitative estimate of drug-likeness (QED) is 0.688. The van der Waals surface area contributed by atoms with Gasteiger partial charge in [-0.2, -0.15) is 0 Å². The highest BCUT2D eigenvalue weighted by atomic mass is 16.5. The number of nitrogens with two attached hydrogens (primary N) is 1. The molecule has 2 heteroatoms. The van der Waals surface area contributed by atoms with E-state index in [1.165, 1.54) is 17.5 Å². The van der Waals surface area contributed by atoms with Gasteiger partial charge in [0.25, 0.3) is 0 Å². The van der Waals surface area contributed by atoms with E-state index >= 15 is 0 Å². The van der Waals surface area contributed by atoms with Crippen molar-refractivity contribution in [1.29, 1.82) is 0 Å². The molecule has 0 fully saturated rings. The molecule has 1 aromatic carbocycles. The lowest BCUT2D eigenvalue weighted by Crippen LogP contribution is -2.21. The zero-order valence-corrected chi connectivity index (χ0v) is 8.62. The van der Waals surface area contributed by atoms with Gasteiger partial charge in [0.15, 0.2) is 0 Å². The maximum atomic E-state index is 6.00. The molecule has 0 bridgehead atoms. The van der Waals surface area contributed by atoms with E-state index in [1.54, 1.807) is 7.11 Å². The SMILES string of the molecule is COc1cccc2c1CCCC(N)C2. The fourth-order valence-electron chi connectivity index (χ4n) is 2.20. The molecule has 76 valence electrons. The van der Waals surface area contributed by atoms with Crippen LogP contribution >= 0.6 is 0 Å². The monoisotopic (exact) mass is 191 g/mol. The second-order valence-corrected chi connectivity index (χ2v) is 3.95. The molecule has 0 saturated carbocycles. The summed E-state index contributed by atoms with van der Waals surface area (Å²) < 4.78 is 5.36. The van der Waals surface area contributed by atoms with Gasteiger partial charge in [-0.25, -0.2) is 0 Å². The van der Waals surface area contributed by atoms with Crippen molar-refractivity contribution in [3.8, 4) is 5.75 Å². The average molecular weight is 191 g/mol. The Morgan fingerprint density at radius 2 is 2.29 bits per heavy atom. The molecule has 2 nitrogen and oxygen atoms in total. The Morgan fingerprint density at radius 3 is 3.07 bits per heavy atom. The first-order valence-corrected chi connectivity index (χ1v) is 5.21. The lowest BCUT2D eigenvalue weighted by atomic mass is 10.0. The summed E-state index contributed by atoms with van der Waals surface area (Å²) in [6, 6.07) is 6.58. The summed E-state index contributed by atoms with van der Waals surface area (Å²) in [5.74, 6) is 1.02. The summed E-state index contributed by atoms with van der Waals surface area (Å²) in [5, 5.41) is 0. The van der Waals surface area contributed by atoms with Crippen molar-refractivity contribution in [3.05, 3.63) is 29.3 Å². The Kier molecular flexibility index (Phi) is 2.73. The van der Waals surface area contributed by atoms with Crippen LogP contribution in [0.15, 0.2) is 18.2 Å². The van der Waals surface area contributed by atoms with Crippen LogP contribution in [0.3, 0.4) is 0 Å². The first kappa shape index (κ1) is 9.53. The smallest absolute Gasteiger partial charge is 0.122 e. The second-order valence-electron chi connectivity index (χ2n) is 3.95. The van der Waals surface area contributed by atoms with E-state index in [4.69, 9.17) is 10.5 Å². The Morgan fingerprint density at radius 1 is 1.43 bits per heavy atom. The molecule has 0 saturated heterocycles. The van der Waals surface area contributed by atoms with Crippen LogP contribution in [-0.2, 0) is 12.8 Å². The van der Waals surface area contributed by atoms with E-state index in [9.17, 15) is 0 Å². The normalized spacial score (nSPS) is 21.1. The maximum absolute atomic E-state index is 6.00. The second kappa shape index (κ2) is 4.01. The molecule has 1 unspecified atom stereocenters. The van der Waals surface area contributed by atoms with Crippen molar-refractivity contribution in [2.75, 3.05) is 7.11 Å². The minimum Gasteiger partial charge on any atom is -0.496 e. The minimum atomic E-state index is 0.323. The summed E-state index contributed by atoms with van der Waals surface area (Å²) in [5.41, 5.74) is 8.73. The molecule has 2 rings (SSSR count). The Labute approximate surface area is 85.1 Å². The Balaban J connectivity index is 2.38. The minimum absolute atomic E-state index is 0.323. The maximum Gasteiger partial charge on any atom is 0.122 e. The van der Waals surface area contributed by atoms with Gasteiger partial charge in [-0.15, -0.1) is 0 Å². The van der Waals surface area contributed by atoms with Crippen LogP contribution in [0.1, 0.15) is 24.0 Å². The predicted octanol–water partition coefficient (Wildman–Crippen LogP) is 1.90. The number of hydrogen-bond acceptors (Lipinski definition) is 2. The molecule has 0 aliphatic heterocycles. The highest BCUT2D eigenvalue weighted by Crippen LogP contribution is 2.28. The molecular formula is C12H17NO. The third kappa shape index (κ3) is 1.75. The van der Waals surface area contributed by atoms with Crippen LogP contribution < -0.4 is 10.5 Å². The largest absolute Gasteiger partial charge is 0.496 e. The van der Waals surface area contributed by atoms with Crippen LogP contribution in [-0.4, -0.2) is 13.2 Å². The third-order valence-electron chi connectivity index (χ3n) is 2.93. The van der Waals surface area contributed by atoms with Crippen LogP contribution in [0, 0.1) is 0 Å². The van der Waals surface area contributed by atoms with E-state index in [0.29, 0.717) is 6.04 Å². The topological polar surface area (TPSA) is 35.2 Å². The zero-order valence-electron chi connectivity index (χ0n) is 8.62. The van der Waals surface area contributed by atoms with E-state index in [2.05, 4.69) is 12.1 Å². The van der Waals surface area contributed by atoms with Gasteiger partial charge in [0.05, 0.1) is 7.11 Å². The summed E-state index contributed by atoms with van der Waals surface area (Å²) in [7, 11) is 1.74. The van der Waals surface area contributed by atoms with Gasteiger partial charge in [-0.3, -0.25) is 0 Å². The van der Waals surface area contributed by atoms with E-state index in [0.717, 1.165) is 25.0 Å². The molecule has 0 radical (unpaired) electrons. The van der Waals surface area contributed by atoms with Crippen molar-refractivity contribution in [2.45, 2.75) is 31.7 Å². The lowest BCUT2D eigenvalue weighted by Gasteiger charge is -2.11. The molecule has 0 aromatic heterocycles. The summed E-state index contributed by atoms with van der Waals surface area (Å²) in [6.45, 7) is 0. The van der Waals surface area contributed by atoms with Crippen LogP contribution in [0.4, 0.5) is 0 Å². The van der Waals surface area contributed by atoms with Gasteiger partial charge in [0, 0.05) is 6.04 Å². The number of methoxy groups -OCH3 is 1. The molecule has 2 N–H and O–H groups in total. The summed E-state index contributed by atoms with van der Waals surface area (Å²) >= 11 is 0. The van der Waals surface area contributed by atoms with Crippen molar-refractivity contribution >= 4 is 0 Å². The molecule has 1 atom stereocenters. The molecule has 1 aliphatic carbocycles. The van der Waals surface area contributed by atoms with Gasteiger partial charge >= 0.3 is 0 Å². The number of hydrogen-bond donors (Lipinski definition) is 1. The molecule has 0 spiro atoms. The zero-order chi connectivity index (χ0) is 9.97. The molecule has 0 amide bonds. The van der Waals surface area contributed by atoms with E-state index in [1.807, 2.05) is 6.07 Å². The predicted molar refractivity (Wildman–Crippen MR) is 57.6 cm³/mol. The molecule has 1 aromatic rings. The number of rotatable bonds is 1. The number of benzene rings is 1. The van der Waals surface area contributed by atoms with Crippen LogP contribution in [0.2, 0.25) is 0 Å². The van der Waals surface area contributed by atoms with Crippen molar-refractivity contribution in [1.82, 2.24) is 0 Å². The highest BCUT2D eigenvalue weighted by molar-refractivity contribution is 5.41. The standard InChI is InChI=1S/C12H17NO/c1-14-12-7-2-4-9-8-10(13)5-3-6-11(9)12/h2,4,7,10H,3,5-6,8,13H2,1H3. The van der Waals surface area contributed by atoms with Crippen molar-refractivity contribution in [3.63, 3.8) is 0 Å².